The van der Waals surface area contributed by atoms with E-state index in [4.69, 9.17) is 5.73 Å². The number of rotatable bonds is 1. The molecule has 0 amide bonds. The Kier molecular flexibility index (Phi) is 2.60. The zero-order valence-corrected chi connectivity index (χ0v) is 10.2. The van der Waals surface area contributed by atoms with Crippen molar-refractivity contribution in [3.8, 4) is 0 Å². The van der Waals surface area contributed by atoms with E-state index in [2.05, 4.69) is 14.9 Å². The molecule has 0 atom stereocenters. The Morgan fingerprint density at radius 2 is 2.24 bits per heavy atom. The minimum Gasteiger partial charge on any atom is -0.342 e. The first-order chi connectivity index (χ1) is 8.24. The maximum atomic E-state index is 11.8. The summed E-state index contributed by atoms with van der Waals surface area (Å²) in [5.41, 5.74) is 5.81. The molecule has 5 nitrogen and oxygen atoms in total. The van der Waals surface area contributed by atoms with Gasteiger partial charge in [-0.3, -0.25) is 9.78 Å². The van der Waals surface area contributed by atoms with Crippen LogP contribution in [0, 0.1) is 0 Å². The van der Waals surface area contributed by atoms with Crippen LogP contribution < -0.4 is 16.2 Å². The number of H-pyrrole nitrogens is 1. The molecule has 0 saturated carbocycles. The van der Waals surface area contributed by atoms with Crippen molar-refractivity contribution in [1.29, 1.82) is 0 Å². The van der Waals surface area contributed by atoms with Crippen molar-refractivity contribution in [3.63, 3.8) is 0 Å². The third kappa shape index (κ3) is 1.94. The van der Waals surface area contributed by atoms with Crippen LogP contribution in [-0.2, 0) is 0 Å². The Hall–Kier alpha value is -1.40. The van der Waals surface area contributed by atoms with Gasteiger partial charge in [-0.2, -0.15) is 0 Å². The van der Waals surface area contributed by atoms with Gasteiger partial charge in [0.1, 0.15) is 4.83 Å². The molecule has 0 bridgehead atoms. The summed E-state index contributed by atoms with van der Waals surface area (Å²) >= 11 is 1.50. The van der Waals surface area contributed by atoms with E-state index in [1.54, 1.807) is 0 Å². The molecule has 90 valence electrons. The Morgan fingerprint density at radius 1 is 1.47 bits per heavy atom. The van der Waals surface area contributed by atoms with Crippen molar-refractivity contribution >= 4 is 27.5 Å². The monoisotopic (exact) mass is 250 g/mol. The largest absolute Gasteiger partial charge is 0.342 e. The Morgan fingerprint density at radius 3 is 3.00 bits per heavy atom. The highest BCUT2D eigenvalue weighted by molar-refractivity contribution is 7.16. The van der Waals surface area contributed by atoms with E-state index < -0.39 is 0 Å². The minimum atomic E-state index is -0.0545. The standard InChI is InChI=1S/C11H14N4OS/c12-7-1-4-15(5-2-7)11-13-9(16)8-3-6-17-10(8)14-11/h3,6-7H,1-2,4-5,12H2,(H,13,14,16). The van der Waals surface area contributed by atoms with Gasteiger partial charge in [0.2, 0.25) is 5.95 Å². The van der Waals surface area contributed by atoms with Crippen molar-refractivity contribution in [2.45, 2.75) is 18.9 Å². The second-order valence-electron chi connectivity index (χ2n) is 4.35. The van der Waals surface area contributed by atoms with Gasteiger partial charge in [-0.25, -0.2) is 4.98 Å². The smallest absolute Gasteiger partial charge is 0.261 e. The van der Waals surface area contributed by atoms with Crippen molar-refractivity contribution in [3.05, 3.63) is 21.8 Å². The van der Waals surface area contributed by atoms with Gasteiger partial charge in [-0.1, -0.05) is 0 Å². The van der Waals surface area contributed by atoms with Gasteiger partial charge < -0.3 is 10.6 Å². The SMILES string of the molecule is NC1CCN(c2nc3sccc3c(=O)[nH]2)CC1. The third-order valence-electron chi connectivity index (χ3n) is 3.16. The van der Waals surface area contributed by atoms with E-state index in [-0.39, 0.29) is 11.6 Å². The van der Waals surface area contributed by atoms with Crippen molar-refractivity contribution < 1.29 is 0 Å². The molecular formula is C11H14N4OS. The molecule has 1 aliphatic heterocycles. The van der Waals surface area contributed by atoms with E-state index in [1.807, 2.05) is 11.4 Å². The van der Waals surface area contributed by atoms with E-state index in [0.29, 0.717) is 11.3 Å². The van der Waals surface area contributed by atoms with Gasteiger partial charge in [0.25, 0.3) is 5.56 Å². The van der Waals surface area contributed by atoms with Crippen LogP contribution >= 0.6 is 11.3 Å². The quantitative estimate of drug-likeness (QED) is 0.789. The molecule has 0 aromatic carbocycles. The molecule has 2 aromatic heterocycles. The molecule has 0 radical (unpaired) electrons. The molecule has 6 heteroatoms. The first-order valence-corrected chi connectivity index (χ1v) is 6.60. The summed E-state index contributed by atoms with van der Waals surface area (Å²) in [6.45, 7) is 1.72. The Bertz CT molecular complexity index is 582. The van der Waals surface area contributed by atoms with Crippen LogP contribution in [0.2, 0.25) is 0 Å². The topological polar surface area (TPSA) is 75.0 Å². The molecule has 1 aliphatic rings. The van der Waals surface area contributed by atoms with Crippen LogP contribution in [0.5, 0.6) is 0 Å². The minimum absolute atomic E-state index is 0.0545. The van der Waals surface area contributed by atoms with Gasteiger partial charge in [-0.15, -0.1) is 11.3 Å². The van der Waals surface area contributed by atoms with Crippen LogP contribution in [0.1, 0.15) is 12.8 Å². The van der Waals surface area contributed by atoms with E-state index in [9.17, 15) is 4.79 Å². The molecule has 0 aliphatic carbocycles. The summed E-state index contributed by atoms with van der Waals surface area (Å²) in [5, 5.41) is 2.57. The molecular weight excluding hydrogens is 236 g/mol. The Balaban J connectivity index is 1.97. The molecule has 0 unspecified atom stereocenters. The fraction of sp³-hybridized carbons (Fsp3) is 0.455. The second-order valence-corrected chi connectivity index (χ2v) is 5.25. The highest BCUT2D eigenvalue weighted by Crippen LogP contribution is 2.19. The number of aromatic nitrogens is 2. The molecule has 0 spiro atoms. The number of thiophene rings is 1. The van der Waals surface area contributed by atoms with Crippen LogP contribution in [0.4, 0.5) is 5.95 Å². The van der Waals surface area contributed by atoms with Crippen molar-refractivity contribution in [2.75, 3.05) is 18.0 Å². The fourth-order valence-corrected chi connectivity index (χ4v) is 2.87. The van der Waals surface area contributed by atoms with Gasteiger partial charge in [-0.05, 0) is 24.3 Å². The lowest BCUT2D eigenvalue weighted by atomic mass is 10.1. The maximum absolute atomic E-state index is 11.8. The average molecular weight is 250 g/mol. The predicted molar refractivity (Wildman–Crippen MR) is 69.7 cm³/mol. The third-order valence-corrected chi connectivity index (χ3v) is 3.97. The number of fused-ring (bicyclic) bond motifs is 1. The summed E-state index contributed by atoms with van der Waals surface area (Å²) in [4.78, 5) is 22.1. The average Bonchev–Trinajstić information content (AvgIpc) is 2.78. The molecule has 2 aromatic rings. The first-order valence-electron chi connectivity index (χ1n) is 5.72. The molecule has 3 N–H and O–H groups in total. The molecule has 1 fully saturated rings. The van der Waals surface area contributed by atoms with Crippen molar-refractivity contribution in [1.82, 2.24) is 9.97 Å². The summed E-state index contributed by atoms with van der Waals surface area (Å²) in [6, 6.07) is 2.09. The highest BCUT2D eigenvalue weighted by atomic mass is 32.1. The lowest BCUT2D eigenvalue weighted by Gasteiger charge is -2.30. The predicted octanol–water partition coefficient (Wildman–Crippen LogP) is 0.912. The van der Waals surface area contributed by atoms with Crippen LogP contribution in [-0.4, -0.2) is 29.1 Å². The van der Waals surface area contributed by atoms with E-state index >= 15 is 0 Å². The number of piperidine rings is 1. The summed E-state index contributed by atoms with van der Waals surface area (Å²) in [7, 11) is 0. The number of nitrogens with two attached hydrogens (primary N) is 1. The van der Waals surface area contributed by atoms with E-state index in [1.165, 1.54) is 11.3 Å². The first kappa shape index (κ1) is 10.7. The molecule has 3 rings (SSSR count). The van der Waals surface area contributed by atoms with Crippen LogP contribution in [0.15, 0.2) is 16.2 Å². The van der Waals surface area contributed by atoms with Gasteiger partial charge >= 0.3 is 0 Å². The molecule has 1 saturated heterocycles. The Labute approximate surface area is 102 Å². The summed E-state index contributed by atoms with van der Waals surface area (Å²) in [6.07, 6.45) is 1.90. The van der Waals surface area contributed by atoms with Gasteiger partial charge in [0.05, 0.1) is 5.39 Å². The molecule has 3 heterocycles. The lowest BCUT2D eigenvalue weighted by Crippen LogP contribution is -2.41. The van der Waals surface area contributed by atoms with Crippen molar-refractivity contribution in [2.24, 2.45) is 5.73 Å². The number of nitrogens with zero attached hydrogens (tertiary/aromatic N) is 2. The summed E-state index contributed by atoms with van der Waals surface area (Å²) < 4.78 is 0. The zero-order valence-electron chi connectivity index (χ0n) is 9.35. The van der Waals surface area contributed by atoms with Crippen LogP contribution in [0.25, 0.3) is 10.2 Å². The summed E-state index contributed by atoms with van der Waals surface area (Å²) in [5.74, 6) is 0.678. The van der Waals surface area contributed by atoms with Crippen LogP contribution in [0.3, 0.4) is 0 Å². The fourth-order valence-electron chi connectivity index (χ4n) is 2.11. The highest BCUT2D eigenvalue weighted by Gasteiger charge is 2.18. The number of hydrogen-bond acceptors (Lipinski definition) is 5. The molecule has 17 heavy (non-hydrogen) atoms. The lowest BCUT2D eigenvalue weighted by molar-refractivity contribution is 0.496. The number of hydrogen-bond donors (Lipinski definition) is 2. The number of nitrogens with one attached hydrogen (secondary N) is 1. The number of anilines is 1. The van der Waals surface area contributed by atoms with E-state index in [0.717, 1.165) is 30.8 Å². The second kappa shape index (κ2) is 4.12. The van der Waals surface area contributed by atoms with Gasteiger partial charge in [0.15, 0.2) is 0 Å². The van der Waals surface area contributed by atoms with Gasteiger partial charge in [0, 0.05) is 19.1 Å². The normalized spacial score (nSPS) is 17.8. The maximum Gasteiger partial charge on any atom is 0.261 e. The zero-order chi connectivity index (χ0) is 11.8. The number of aromatic amines is 1.